The minimum atomic E-state index is -4.53. The Kier molecular flexibility index (Phi) is 4.80. The molecule has 0 fully saturated rings. The van der Waals surface area contributed by atoms with Crippen LogP contribution < -0.4 is 10.6 Å². The van der Waals surface area contributed by atoms with Crippen molar-refractivity contribution in [2.24, 2.45) is 0 Å². The van der Waals surface area contributed by atoms with Crippen LogP contribution in [0.2, 0.25) is 5.02 Å². The molecule has 3 rings (SSSR count). The maximum Gasteiger partial charge on any atom is 0.417 e. The normalized spacial score (nSPS) is 11.4. The van der Waals surface area contributed by atoms with E-state index in [9.17, 15) is 13.2 Å². The molecule has 0 amide bonds. The van der Waals surface area contributed by atoms with Crippen molar-refractivity contribution in [3.05, 3.63) is 65.3 Å². The molecule has 130 valence electrons. The van der Waals surface area contributed by atoms with E-state index >= 15 is 0 Å². The van der Waals surface area contributed by atoms with Crippen LogP contribution >= 0.6 is 11.6 Å². The van der Waals surface area contributed by atoms with Crippen LogP contribution in [0.3, 0.4) is 0 Å². The van der Waals surface area contributed by atoms with Crippen LogP contribution in [-0.4, -0.2) is 9.97 Å². The predicted molar refractivity (Wildman–Crippen MR) is 87.8 cm³/mol. The van der Waals surface area contributed by atoms with Crippen molar-refractivity contribution < 1.29 is 17.6 Å². The van der Waals surface area contributed by atoms with Gasteiger partial charge in [0, 0.05) is 11.8 Å². The molecule has 0 atom stereocenters. The van der Waals surface area contributed by atoms with E-state index in [4.69, 9.17) is 16.0 Å². The van der Waals surface area contributed by atoms with Gasteiger partial charge < -0.3 is 15.1 Å². The van der Waals surface area contributed by atoms with Gasteiger partial charge >= 0.3 is 6.18 Å². The lowest BCUT2D eigenvalue weighted by Crippen LogP contribution is -2.07. The highest BCUT2D eigenvalue weighted by Gasteiger charge is 2.33. The van der Waals surface area contributed by atoms with Gasteiger partial charge in [0.05, 0.1) is 23.4 Å². The minimum Gasteiger partial charge on any atom is -0.467 e. The third-order valence-electron chi connectivity index (χ3n) is 3.24. The standard InChI is InChI=1S/C16H12ClF3N4O/c17-13-4-3-10(6-12(13)16(18,19)20)24-15-7-14(22-9-23-15)21-8-11-2-1-5-25-11/h1-7,9H,8H2,(H2,21,22,23,24). The average Bonchev–Trinajstić information content (AvgIpc) is 3.08. The van der Waals surface area contributed by atoms with Crippen molar-refractivity contribution in [1.29, 1.82) is 0 Å². The number of aromatic nitrogens is 2. The van der Waals surface area contributed by atoms with Crippen LogP contribution in [0, 0.1) is 0 Å². The maximum atomic E-state index is 12.9. The molecule has 25 heavy (non-hydrogen) atoms. The molecule has 2 N–H and O–H groups in total. The van der Waals surface area contributed by atoms with Gasteiger partial charge in [-0.25, -0.2) is 9.97 Å². The molecule has 0 spiro atoms. The lowest BCUT2D eigenvalue weighted by molar-refractivity contribution is -0.137. The molecule has 1 aromatic carbocycles. The van der Waals surface area contributed by atoms with Gasteiger partial charge in [0.2, 0.25) is 0 Å². The Morgan fingerprint density at radius 1 is 1.08 bits per heavy atom. The number of hydrogen-bond acceptors (Lipinski definition) is 5. The Morgan fingerprint density at radius 3 is 2.60 bits per heavy atom. The number of benzene rings is 1. The van der Waals surface area contributed by atoms with Gasteiger partial charge in [-0.1, -0.05) is 11.6 Å². The minimum absolute atomic E-state index is 0.215. The Balaban J connectivity index is 1.74. The first kappa shape index (κ1) is 17.1. The van der Waals surface area contributed by atoms with E-state index in [2.05, 4.69) is 20.6 Å². The van der Waals surface area contributed by atoms with E-state index in [1.165, 1.54) is 18.5 Å². The maximum absolute atomic E-state index is 12.9. The highest BCUT2D eigenvalue weighted by Crippen LogP contribution is 2.36. The lowest BCUT2D eigenvalue weighted by atomic mass is 10.2. The van der Waals surface area contributed by atoms with E-state index in [0.717, 1.165) is 11.8 Å². The molecule has 0 bridgehead atoms. The van der Waals surface area contributed by atoms with Gasteiger partial charge in [-0.2, -0.15) is 13.2 Å². The van der Waals surface area contributed by atoms with Gasteiger partial charge in [-0.15, -0.1) is 0 Å². The van der Waals surface area contributed by atoms with Gasteiger partial charge in [-0.05, 0) is 30.3 Å². The van der Waals surface area contributed by atoms with Crippen molar-refractivity contribution in [3.8, 4) is 0 Å². The summed E-state index contributed by atoms with van der Waals surface area (Å²) in [7, 11) is 0. The molecule has 0 saturated heterocycles. The highest BCUT2D eigenvalue weighted by molar-refractivity contribution is 6.31. The zero-order valence-electron chi connectivity index (χ0n) is 12.6. The second-order valence-corrected chi connectivity index (χ2v) is 5.45. The fraction of sp³-hybridized carbons (Fsp3) is 0.125. The average molecular weight is 369 g/mol. The number of anilines is 3. The fourth-order valence-corrected chi connectivity index (χ4v) is 2.31. The number of rotatable bonds is 5. The summed E-state index contributed by atoms with van der Waals surface area (Å²) in [6.07, 6.45) is -1.67. The molecule has 0 aliphatic rings. The third-order valence-corrected chi connectivity index (χ3v) is 3.56. The zero-order chi connectivity index (χ0) is 17.9. The summed E-state index contributed by atoms with van der Waals surface area (Å²) in [6.45, 7) is 0.419. The molecule has 0 saturated carbocycles. The first-order valence-corrected chi connectivity index (χ1v) is 7.52. The number of alkyl halides is 3. The first-order chi connectivity index (χ1) is 11.9. The van der Waals surface area contributed by atoms with E-state index in [0.29, 0.717) is 18.2 Å². The molecule has 2 aromatic heterocycles. The largest absolute Gasteiger partial charge is 0.467 e. The van der Waals surface area contributed by atoms with Gasteiger partial charge in [0.1, 0.15) is 23.7 Å². The third kappa shape index (κ3) is 4.42. The number of furan rings is 1. The van der Waals surface area contributed by atoms with Crippen molar-refractivity contribution in [2.75, 3.05) is 10.6 Å². The lowest BCUT2D eigenvalue weighted by Gasteiger charge is -2.12. The topological polar surface area (TPSA) is 63.0 Å². The molecule has 5 nitrogen and oxygen atoms in total. The molecule has 0 unspecified atom stereocenters. The smallest absolute Gasteiger partial charge is 0.417 e. The van der Waals surface area contributed by atoms with Crippen molar-refractivity contribution in [3.63, 3.8) is 0 Å². The van der Waals surface area contributed by atoms with Crippen LogP contribution in [0.5, 0.6) is 0 Å². The summed E-state index contributed by atoms with van der Waals surface area (Å²) in [5.41, 5.74) is -0.697. The Morgan fingerprint density at radius 2 is 1.88 bits per heavy atom. The number of nitrogens with one attached hydrogen (secondary N) is 2. The molecule has 0 aliphatic heterocycles. The number of hydrogen-bond donors (Lipinski definition) is 2. The van der Waals surface area contributed by atoms with E-state index < -0.39 is 11.7 Å². The summed E-state index contributed by atoms with van der Waals surface area (Å²) in [5, 5.41) is 5.48. The van der Waals surface area contributed by atoms with Crippen LogP contribution in [0.1, 0.15) is 11.3 Å². The monoisotopic (exact) mass is 368 g/mol. The van der Waals surface area contributed by atoms with E-state index in [1.807, 2.05) is 0 Å². The SMILES string of the molecule is FC(F)(F)c1cc(Nc2cc(NCc3ccco3)ncn2)ccc1Cl. The van der Waals surface area contributed by atoms with Crippen molar-refractivity contribution in [1.82, 2.24) is 9.97 Å². The van der Waals surface area contributed by atoms with Crippen molar-refractivity contribution >= 4 is 28.9 Å². The molecule has 2 heterocycles. The summed E-state index contributed by atoms with van der Waals surface area (Å²) in [4.78, 5) is 8.04. The molecular weight excluding hydrogens is 357 g/mol. The van der Waals surface area contributed by atoms with Gasteiger partial charge in [0.15, 0.2) is 0 Å². The van der Waals surface area contributed by atoms with E-state index in [-0.39, 0.29) is 10.7 Å². The van der Waals surface area contributed by atoms with Crippen LogP contribution in [0.4, 0.5) is 30.5 Å². The van der Waals surface area contributed by atoms with Crippen molar-refractivity contribution in [2.45, 2.75) is 12.7 Å². The predicted octanol–water partition coefficient (Wildman–Crippen LogP) is 5.10. The van der Waals surface area contributed by atoms with Crippen LogP contribution in [-0.2, 0) is 12.7 Å². The second-order valence-electron chi connectivity index (χ2n) is 5.04. The van der Waals surface area contributed by atoms with Gasteiger partial charge in [-0.3, -0.25) is 0 Å². The van der Waals surface area contributed by atoms with Crippen LogP contribution in [0.15, 0.2) is 53.4 Å². The Labute approximate surface area is 145 Å². The zero-order valence-corrected chi connectivity index (χ0v) is 13.4. The number of halogens is 4. The van der Waals surface area contributed by atoms with Crippen LogP contribution in [0.25, 0.3) is 0 Å². The molecule has 9 heteroatoms. The summed E-state index contributed by atoms with van der Waals surface area (Å²) >= 11 is 5.61. The Hall–Kier alpha value is -2.74. The summed E-state index contributed by atoms with van der Waals surface area (Å²) < 4.78 is 43.9. The molecule has 0 radical (unpaired) electrons. The molecular formula is C16H12ClF3N4O. The second kappa shape index (κ2) is 7.02. The van der Waals surface area contributed by atoms with E-state index in [1.54, 1.807) is 24.5 Å². The van der Waals surface area contributed by atoms with Gasteiger partial charge in [0.25, 0.3) is 0 Å². The first-order valence-electron chi connectivity index (χ1n) is 7.14. The number of nitrogens with zero attached hydrogens (tertiary/aromatic N) is 2. The summed E-state index contributed by atoms with van der Waals surface area (Å²) in [5.74, 6) is 1.56. The quantitative estimate of drug-likeness (QED) is 0.656. The Bertz CT molecular complexity index is 853. The highest BCUT2D eigenvalue weighted by atomic mass is 35.5. The fourth-order valence-electron chi connectivity index (χ4n) is 2.08. The molecule has 0 aliphatic carbocycles. The summed E-state index contributed by atoms with van der Waals surface area (Å²) in [6, 6.07) is 8.70. The molecule has 3 aromatic rings.